The number of benzene rings is 2. The lowest BCUT2D eigenvalue weighted by Gasteiger charge is -2.27. The Morgan fingerprint density at radius 1 is 1.10 bits per heavy atom. The maximum absolute atomic E-state index is 12.4. The number of anilines is 1. The van der Waals surface area contributed by atoms with Crippen molar-refractivity contribution in [2.24, 2.45) is 10.7 Å². The van der Waals surface area contributed by atoms with Crippen molar-refractivity contribution in [2.75, 3.05) is 19.0 Å². The summed E-state index contributed by atoms with van der Waals surface area (Å²) in [5.41, 5.74) is 5.19. The van der Waals surface area contributed by atoms with Gasteiger partial charge in [-0.2, -0.15) is 0 Å². The number of halogens is 2. The van der Waals surface area contributed by atoms with Gasteiger partial charge in [-0.15, -0.1) is 0 Å². The summed E-state index contributed by atoms with van der Waals surface area (Å²) >= 11 is 11.9. The van der Waals surface area contributed by atoms with Crippen LogP contribution in [0.3, 0.4) is 0 Å². The molecule has 5 N–H and O–H groups in total. The average molecular weight is 434 g/mol. The summed E-state index contributed by atoms with van der Waals surface area (Å²) in [4.78, 5) is 41.0. The van der Waals surface area contributed by atoms with Gasteiger partial charge in [0.25, 0.3) is 11.8 Å². The van der Waals surface area contributed by atoms with E-state index >= 15 is 0 Å². The molecule has 1 atom stereocenters. The zero-order chi connectivity index (χ0) is 21.2. The van der Waals surface area contributed by atoms with Crippen molar-refractivity contribution in [3.8, 4) is 0 Å². The van der Waals surface area contributed by atoms with Crippen molar-refractivity contribution >= 4 is 52.3 Å². The van der Waals surface area contributed by atoms with Gasteiger partial charge in [0.1, 0.15) is 5.71 Å². The van der Waals surface area contributed by atoms with Crippen molar-refractivity contribution < 1.29 is 14.4 Å². The van der Waals surface area contributed by atoms with Crippen LogP contribution in [0, 0.1) is 0 Å². The van der Waals surface area contributed by atoms with Crippen molar-refractivity contribution in [3.63, 3.8) is 0 Å². The normalized spacial score (nSPS) is 18.1. The van der Waals surface area contributed by atoms with Gasteiger partial charge in [-0.25, -0.2) is 0 Å². The maximum atomic E-state index is 12.4. The molecule has 1 aliphatic heterocycles. The van der Waals surface area contributed by atoms with Crippen LogP contribution in [0.4, 0.5) is 5.69 Å². The molecule has 8 nitrogen and oxygen atoms in total. The summed E-state index contributed by atoms with van der Waals surface area (Å²) in [5.74, 6) is -1.69. The number of aliphatic imine (C=N–C) groups is 1. The van der Waals surface area contributed by atoms with Crippen molar-refractivity contribution in [2.45, 2.75) is 5.54 Å². The fourth-order valence-electron chi connectivity index (χ4n) is 3.06. The number of amides is 3. The molecule has 150 valence electrons. The molecule has 3 rings (SSSR count). The van der Waals surface area contributed by atoms with E-state index in [1.165, 1.54) is 19.2 Å². The summed E-state index contributed by atoms with van der Waals surface area (Å²) in [6.07, 6.45) is 0. The van der Waals surface area contributed by atoms with Gasteiger partial charge in [-0.3, -0.25) is 24.7 Å². The van der Waals surface area contributed by atoms with E-state index in [2.05, 4.69) is 20.9 Å². The van der Waals surface area contributed by atoms with E-state index in [1.807, 2.05) is 0 Å². The molecule has 0 aliphatic carbocycles. The Morgan fingerprint density at radius 2 is 1.79 bits per heavy atom. The van der Waals surface area contributed by atoms with Crippen molar-refractivity contribution in [1.29, 1.82) is 0 Å². The summed E-state index contributed by atoms with van der Waals surface area (Å²) in [5, 5.41) is 8.70. The highest BCUT2D eigenvalue weighted by molar-refractivity contribution is 6.47. The van der Waals surface area contributed by atoms with E-state index in [4.69, 9.17) is 28.9 Å². The standard InChI is InChI=1S/C19H17Cl2N5O3/c1-23-17(28)15-19(18(22)29,25-9-24-15)10-2-5-12(6-3-10)26-16(27)13-7-4-11(20)8-14(13)21/h2-8,25H,9H2,1H3,(H2,22,29)(H,23,28)(H,26,27). The molecule has 0 bridgehead atoms. The molecule has 1 unspecified atom stereocenters. The minimum atomic E-state index is -1.55. The SMILES string of the molecule is CNC(=O)C1=NCNC1(C(N)=O)c1ccc(NC(=O)c2ccc(Cl)cc2Cl)cc1. The molecule has 0 radical (unpaired) electrons. The Morgan fingerprint density at radius 3 is 2.38 bits per heavy atom. The molecule has 0 spiro atoms. The largest absolute Gasteiger partial charge is 0.367 e. The molecule has 0 aromatic heterocycles. The van der Waals surface area contributed by atoms with Crippen LogP contribution in [-0.2, 0) is 15.1 Å². The van der Waals surface area contributed by atoms with Gasteiger partial charge in [-0.1, -0.05) is 35.3 Å². The molecule has 0 fully saturated rings. The molecule has 29 heavy (non-hydrogen) atoms. The fraction of sp³-hybridized carbons (Fsp3) is 0.158. The predicted octanol–water partition coefficient (Wildman–Crippen LogP) is 1.67. The number of nitrogens with two attached hydrogens (primary N) is 1. The smallest absolute Gasteiger partial charge is 0.267 e. The number of nitrogens with zero attached hydrogens (tertiary/aromatic N) is 1. The third-order valence-electron chi connectivity index (χ3n) is 4.50. The second kappa shape index (κ2) is 8.20. The summed E-state index contributed by atoms with van der Waals surface area (Å²) in [6, 6.07) is 10.9. The Hall–Kier alpha value is -2.94. The zero-order valence-corrected chi connectivity index (χ0v) is 16.8. The first-order valence-corrected chi connectivity index (χ1v) is 9.24. The van der Waals surface area contributed by atoms with Gasteiger partial charge in [0.05, 0.1) is 17.3 Å². The van der Waals surface area contributed by atoms with Crippen LogP contribution >= 0.6 is 23.2 Å². The van der Waals surface area contributed by atoms with Gasteiger partial charge in [0.2, 0.25) is 5.91 Å². The zero-order valence-electron chi connectivity index (χ0n) is 15.3. The number of nitrogens with one attached hydrogen (secondary N) is 3. The lowest BCUT2D eigenvalue weighted by molar-refractivity contribution is -0.123. The second-order valence-corrected chi connectivity index (χ2v) is 7.03. The molecule has 1 heterocycles. The van der Waals surface area contributed by atoms with Crippen LogP contribution in [0.15, 0.2) is 47.5 Å². The summed E-state index contributed by atoms with van der Waals surface area (Å²) < 4.78 is 0. The van der Waals surface area contributed by atoms with Crippen LogP contribution < -0.4 is 21.7 Å². The van der Waals surface area contributed by atoms with Crippen LogP contribution in [0.1, 0.15) is 15.9 Å². The average Bonchev–Trinajstić information content (AvgIpc) is 3.14. The topological polar surface area (TPSA) is 126 Å². The molecule has 3 amide bonds. The fourth-order valence-corrected chi connectivity index (χ4v) is 3.55. The van der Waals surface area contributed by atoms with Gasteiger partial charge >= 0.3 is 0 Å². The van der Waals surface area contributed by atoms with E-state index in [-0.39, 0.29) is 23.0 Å². The molecule has 0 saturated carbocycles. The molecule has 0 saturated heterocycles. The first-order chi connectivity index (χ1) is 13.8. The van der Waals surface area contributed by atoms with E-state index in [1.54, 1.807) is 30.3 Å². The molecule has 2 aromatic carbocycles. The van der Waals surface area contributed by atoms with Gasteiger partial charge in [0, 0.05) is 17.8 Å². The quantitative estimate of drug-likeness (QED) is 0.571. The Kier molecular flexibility index (Phi) is 5.88. The highest BCUT2D eigenvalue weighted by Crippen LogP contribution is 2.28. The number of rotatable bonds is 5. The van der Waals surface area contributed by atoms with Crippen LogP contribution in [0.5, 0.6) is 0 Å². The number of carbonyl (C=O) groups excluding carboxylic acids is 3. The molecular formula is C19H17Cl2N5O3. The van der Waals surface area contributed by atoms with Crippen molar-refractivity contribution in [3.05, 3.63) is 63.6 Å². The highest BCUT2D eigenvalue weighted by Gasteiger charge is 2.49. The first kappa shape index (κ1) is 20.8. The third kappa shape index (κ3) is 3.82. The molecule has 1 aliphatic rings. The Bertz CT molecular complexity index is 1020. The van der Waals surface area contributed by atoms with E-state index < -0.39 is 23.3 Å². The minimum absolute atomic E-state index is 0.0165. The predicted molar refractivity (Wildman–Crippen MR) is 111 cm³/mol. The minimum Gasteiger partial charge on any atom is -0.367 e. The summed E-state index contributed by atoms with van der Waals surface area (Å²) in [6.45, 7) is 0.0687. The van der Waals surface area contributed by atoms with Crippen molar-refractivity contribution in [1.82, 2.24) is 10.6 Å². The molecule has 10 heteroatoms. The third-order valence-corrected chi connectivity index (χ3v) is 5.05. The Balaban J connectivity index is 1.87. The van der Waals surface area contributed by atoms with Gasteiger partial charge in [-0.05, 0) is 35.9 Å². The van der Waals surface area contributed by atoms with Crippen LogP contribution in [0.2, 0.25) is 10.0 Å². The first-order valence-electron chi connectivity index (χ1n) is 8.48. The van der Waals surface area contributed by atoms with Gasteiger partial charge < -0.3 is 16.4 Å². The number of primary amides is 1. The number of carbonyl (C=O) groups is 3. The van der Waals surface area contributed by atoms with E-state index in [0.717, 1.165) is 0 Å². The van der Waals surface area contributed by atoms with Crippen LogP contribution in [-0.4, -0.2) is 37.1 Å². The number of hydrogen-bond donors (Lipinski definition) is 4. The monoisotopic (exact) mass is 433 g/mol. The summed E-state index contributed by atoms with van der Waals surface area (Å²) in [7, 11) is 1.44. The lowest BCUT2D eigenvalue weighted by atomic mass is 9.84. The molecular weight excluding hydrogens is 417 g/mol. The number of hydrogen-bond acceptors (Lipinski definition) is 5. The van der Waals surface area contributed by atoms with E-state index in [9.17, 15) is 14.4 Å². The second-order valence-electron chi connectivity index (χ2n) is 6.19. The van der Waals surface area contributed by atoms with Gasteiger partial charge in [0.15, 0.2) is 5.54 Å². The van der Waals surface area contributed by atoms with Crippen LogP contribution in [0.25, 0.3) is 0 Å². The van der Waals surface area contributed by atoms with E-state index in [0.29, 0.717) is 16.3 Å². The molecule has 2 aromatic rings. The maximum Gasteiger partial charge on any atom is 0.267 e. The highest BCUT2D eigenvalue weighted by atomic mass is 35.5. The lowest BCUT2D eigenvalue weighted by Crippen LogP contribution is -2.58. The Labute approximate surface area is 176 Å².